The molecule has 1 aliphatic carbocycles. The monoisotopic (exact) mass is 605 g/mol. The molecule has 11 heteroatoms. The SMILES string of the molecule is CCNCc1cncc(-c2cc3c(-c4nc5c([nH]4)CC(N)=CC=C5c4cc(F)cc(OCCN5CCCC5)c4)n[nH]c3cn2)c1. The van der Waals surface area contributed by atoms with Crippen molar-refractivity contribution in [1.29, 1.82) is 0 Å². The average Bonchev–Trinajstić information content (AvgIpc) is 3.79. The van der Waals surface area contributed by atoms with Crippen molar-refractivity contribution < 1.29 is 9.13 Å². The van der Waals surface area contributed by atoms with Gasteiger partial charge in [-0.25, -0.2) is 9.37 Å². The second-order valence-corrected chi connectivity index (χ2v) is 11.5. The number of allylic oxidation sites excluding steroid dienone is 3. The lowest BCUT2D eigenvalue weighted by Gasteiger charge is -2.15. The Bertz CT molecular complexity index is 1900. The third-order valence-corrected chi connectivity index (χ3v) is 8.28. The highest BCUT2D eigenvalue weighted by Gasteiger charge is 2.23. The van der Waals surface area contributed by atoms with Gasteiger partial charge in [-0.05, 0) is 73.9 Å². The van der Waals surface area contributed by atoms with Gasteiger partial charge in [0.2, 0.25) is 0 Å². The number of hydrogen-bond donors (Lipinski definition) is 4. The lowest BCUT2D eigenvalue weighted by atomic mass is 10.0. The third kappa shape index (κ3) is 6.22. The molecule has 230 valence electrons. The highest BCUT2D eigenvalue weighted by atomic mass is 19.1. The summed E-state index contributed by atoms with van der Waals surface area (Å²) in [4.78, 5) is 19.9. The number of benzene rings is 1. The molecule has 5 aromatic rings. The van der Waals surface area contributed by atoms with Crippen molar-refractivity contribution in [2.24, 2.45) is 5.73 Å². The number of nitrogens with one attached hydrogen (secondary N) is 3. The summed E-state index contributed by atoms with van der Waals surface area (Å²) < 4.78 is 20.9. The fourth-order valence-electron chi connectivity index (χ4n) is 5.99. The van der Waals surface area contributed by atoms with Crippen LogP contribution in [0.3, 0.4) is 0 Å². The zero-order valence-electron chi connectivity index (χ0n) is 25.2. The van der Waals surface area contributed by atoms with Gasteiger partial charge in [0, 0.05) is 65.9 Å². The number of likely N-dealkylation sites (tertiary alicyclic amines) is 1. The molecular formula is C34H36FN9O. The first-order valence-electron chi connectivity index (χ1n) is 15.5. The number of aromatic amines is 2. The van der Waals surface area contributed by atoms with Gasteiger partial charge in [0.05, 0.1) is 23.1 Å². The Morgan fingerprint density at radius 2 is 1.91 bits per heavy atom. The van der Waals surface area contributed by atoms with Gasteiger partial charge in [-0.1, -0.05) is 13.0 Å². The Morgan fingerprint density at radius 3 is 2.78 bits per heavy atom. The molecule has 2 aliphatic rings. The normalized spacial score (nSPS) is 15.2. The van der Waals surface area contributed by atoms with E-state index in [1.165, 1.54) is 25.0 Å². The van der Waals surface area contributed by atoms with Crippen molar-refractivity contribution >= 4 is 16.5 Å². The lowest BCUT2D eigenvalue weighted by Crippen LogP contribution is -2.25. The van der Waals surface area contributed by atoms with Crippen LogP contribution in [0.2, 0.25) is 0 Å². The van der Waals surface area contributed by atoms with Gasteiger partial charge < -0.3 is 20.8 Å². The van der Waals surface area contributed by atoms with Gasteiger partial charge in [-0.15, -0.1) is 0 Å². The summed E-state index contributed by atoms with van der Waals surface area (Å²) in [5.74, 6) is 0.706. The minimum atomic E-state index is -0.370. The van der Waals surface area contributed by atoms with Gasteiger partial charge in [-0.3, -0.25) is 20.0 Å². The molecule has 1 aliphatic heterocycles. The molecule has 4 aromatic heterocycles. The van der Waals surface area contributed by atoms with Crippen molar-refractivity contribution in [3.63, 3.8) is 0 Å². The standard InChI is InChI=1S/C34H36FN9O/c1-2-37-17-21-11-23(19-38-18-21)29-16-28-31(20-39-29)42-43-33(28)34-40-30-15-25(36)5-6-27(32(30)41-34)22-12-24(35)14-26(13-22)45-10-9-44-7-3-4-8-44/h5-6,11-14,16,18-20,37H,2-4,7-10,15,17,36H2,1H3,(H,40,41)(H,42,43). The van der Waals surface area contributed by atoms with Crippen molar-refractivity contribution in [3.05, 3.63) is 95.1 Å². The Kier molecular flexibility index (Phi) is 8.10. The highest BCUT2D eigenvalue weighted by Crippen LogP contribution is 2.35. The maximum Gasteiger partial charge on any atom is 0.159 e. The molecular weight excluding hydrogens is 569 g/mol. The van der Waals surface area contributed by atoms with E-state index in [2.05, 4.69) is 48.4 Å². The van der Waals surface area contributed by atoms with Crippen LogP contribution in [0.25, 0.3) is 39.3 Å². The maximum atomic E-state index is 14.9. The average molecular weight is 606 g/mol. The summed E-state index contributed by atoms with van der Waals surface area (Å²) >= 11 is 0. The second-order valence-electron chi connectivity index (χ2n) is 11.5. The predicted octanol–water partition coefficient (Wildman–Crippen LogP) is 4.96. The van der Waals surface area contributed by atoms with Crippen LogP contribution < -0.4 is 15.8 Å². The van der Waals surface area contributed by atoms with Crippen LogP contribution in [0.15, 0.2) is 66.8 Å². The van der Waals surface area contributed by atoms with E-state index in [9.17, 15) is 4.39 Å². The molecule has 1 aromatic carbocycles. The zero-order valence-corrected chi connectivity index (χ0v) is 25.2. The summed E-state index contributed by atoms with van der Waals surface area (Å²) in [7, 11) is 0. The molecule has 0 radical (unpaired) electrons. The van der Waals surface area contributed by atoms with Crippen LogP contribution >= 0.6 is 0 Å². The van der Waals surface area contributed by atoms with Crippen molar-refractivity contribution in [1.82, 2.24) is 40.3 Å². The topological polar surface area (TPSA) is 134 Å². The quantitative estimate of drug-likeness (QED) is 0.176. The van der Waals surface area contributed by atoms with E-state index in [1.807, 2.05) is 36.7 Å². The summed E-state index contributed by atoms with van der Waals surface area (Å²) in [5.41, 5.74) is 14.2. The molecule has 0 bridgehead atoms. The van der Waals surface area contributed by atoms with Crippen LogP contribution in [0.5, 0.6) is 5.75 Å². The van der Waals surface area contributed by atoms with E-state index < -0.39 is 0 Å². The number of ether oxygens (including phenoxy) is 1. The first-order valence-corrected chi connectivity index (χ1v) is 15.5. The van der Waals surface area contributed by atoms with E-state index in [0.717, 1.165) is 71.7 Å². The van der Waals surface area contributed by atoms with Gasteiger partial charge in [0.1, 0.15) is 23.9 Å². The summed E-state index contributed by atoms with van der Waals surface area (Å²) in [6.45, 7) is 7.20. The van der Waals surface area contributed by atoms with Crippen molar-refractivity contribution in [2.45, 2.75) is 32.7 Å². The van der Waals surface area contributed by atoms with E-state index in [4.69, 9.17) is 15.5 Å². The van der Waals surface area contributed by atoms with Crippen molar-refractivity contribution in [2.75, 3.05) is 32.8 Å². The number of rotatable bonds is 10. The number of nitrogens with zero attached hydrogens (tertiary/aromatic N) is 5. The maximum absolute atomic E-state index is 14.9. The fourth-order valence-corrected chi connectivity index (χ4v) is 5.99. The Hall–Kier alpha value is -4.87. The molecule has 45 heavy (non-hydrogen) atoms. The van der Waals surface area contributed by atoms with E-state index in [0.29, 0.717) is 47.2 Å². The Morgan fingerprint density at radius 1 is 1.02 bits per heavy atom. The van der Waals surface area contributed by atoms with E-state index >= 15 is 0 Å². The minimum Gasteiger partial charge on any atom is -0.492 e. The predicted molar refractivity (Wildman–Crippen MR) is 173 cm³/mol. The van der Waals surface area contributed by atoms with Crippen LogP contribution in [-0.4, -0.2) is 67.8 Å². The molecule has 5 heterocycles. The van der Waals surface area contributed by atoms with Gasteiger partial charge in [0.25, 0.3) is 0 Å². The largest absolute Gasteiger partial charge is 0.492 e. The van der Waals surface area contributed by atoms with Crippen LogP contribution in [0.1, 0.15) is 42.3 Å². The molecule has 0 atom stereocenters. The Labute approximate surface area is 260 Å². The summed E-state index contributed by atoms with van der Waals surface area (Å²) in [6, 6.07) is 8.89. The summed E-state index contributed by atoms with van der Waals surface area (Å²) in [5, 5.41) is 11.9. The second kappa shape index (κ2) is 12.6. The molecule has 10 nitrogen and oxygen atoms in total. The third-order valence-electron chi connectivity index (χ3n) is 8.28. The van der Waals surface area contributed by atoms with Crippen LogP contribution in [-0.2, 0) is 13.0 Å². The van der Waals surface area contributed by atoms with E-state index in [1.54, 1.807) is 6.20 Å². The molecule has 1 saturated heterocycles. The number of pyridine rings is 2. The summed E-state index contributed by atoms with van der Waals surface area (Å²) in [6.07, 6.45) is 12.1. The number of imidazole rings is 1. The molecule has 0 unspecified atom stereocenters. The van der Waals surface area contributed by atoms with Crippen LogP contribution in [0, 0.1) is 5.82 Å². The number of aromatic nitrogens is 6. The molecule has 5 N–H and O–H groups in total. The molecule has 7 rings (SSSR count). The first-order chi connectivity index (χ1) is 22.0. The number of nitrogens with two attached hydrogens (primary N) is 1. The van der Waals surface area contributed by atoms with Gasteiger partial charge >= 0.3 is 0 Å². The lowest BCUT2D eigenvalue weighted by molar-refractivity contribution is 0.237. The molecule has 0 saturated carbocycles. The van der Waals surface area contributed by atoms with Gasteiger partial charge in [-0.2, -0.15) is 5.10 Å². The number of hydrogen-bond acceptors (Lipinski definition) is 8. The number of H-pyrrole nitrogens is 2. The number of halogens is 1. The zero-order chi connectivity index (χ0) is 30.8. The van der Waals surface area contributed by atoms with Crippen LogP contribution in [0.4, 0.5) is 4.39 Å². The molecule has 0 amide bonds. The number of fused-ring (bicyclic) bond motifs is 2. The van der Waals surface area contributed by atoms with E-state index in [-0.39, 0.29) is 5.82 Å². The first kappa shape index (κ1) is 28.9. The fraction of sp³-hybridized carbons (Fsp3) is 0.294. The minimum absolute atomic E-state index is 0.370. The molecule has 0 spiro atoms. The van der Waals surface area contributed by atoms with Crippen molar-refractivity contribution in [3.8, 4) is 28.5 Å². The highest BCUT2D eigenvalue weighted by molar-refractivity contribution is 5.93. The molecule has 1 fully saturated rings. The Balaban J connectivity index is 1.21. The smallest absolute Gasteiger partial charge is 0.159 e. The van der Waals surface area contributed by atoms with Gasteiger partial charge in [0.15, 0.2) is 5.82 Å².